The first-order valence-electron chi connectivity index (χ1n) is 8.29. The lowest BCUT2D eigenvalue weighted by atomic mass is 9.58. The summed E-state index contributed by atoms with van der Waals surface area (Å²) in [4.78, 5) is 9.17. The molecule has 4 bridgehead atoms. The van der Waals surface area contributed by atoms with Crippen LogP contribution in [0.2, 0.25) is 0 Å². The maximum absolute atomic E-state index is 12.9. The van der Waals surface area contributed by atoms with E-state index < -0.39 is 5.54 Å². The van der Waals surface area contributed by atoms with Crippen LogP contribution in [-0.2, 0) is 17.0 Å². The molecule has 0 aromatic carbocycles. The summed E-state index contributed by atoms with van der Waals surface area (Å²) in [5.74, 6) is 2.06. The third-order valence-corrected chi connectivity index (χ3v) is 6.00. The average molecular weight is 301 g/mol. The van der Waals surface area contributed by atoms with Gasteiger partial charge in [-0.05, 0) is 43.9 Å². The summed E-state index contributed by atoms with van der Waals surface area (Å²) in [5.41, 5.74) is 0.456. The smallest absolute Gasteiger partial charge is 0.207 e. The van der Waals surface area contributed by atoms with Crippen LogP contribution >= 0.6 is 0 Å². The normalized spacial score (nSPS) is 43.5. The van der Waals surface area contributed by atoms with Gasteiger partial charge in [0.1, 0.15) is 18.2 Å². The van der Waals surface area contributed by atoms with Crippen molar-refractivity contribution in [2.45, 2.75) is 49.7 Å². The van der Waals surface area contributed by atoms with Crippen molar-refractivity contribution in [3.63, 3.8) is 0 Å². The van der Waals surface area contributed by atoms with Crippen LogP contribution in [0, 0.1) is 11.8 Å². The highest BCUT2D eigenvalue weighted by Gasteiger charge is 2.60. The van der Waals surface area contributed by atoms with Gasteiger partial charge in [-0.25, -0.2) is 9.98 Å². The van der Waals surface area contributed by atoms with Gasteiger partial charge in [0, 0.05) is 19.3 Å². The van der Waals surface area contributed by atoms with Crippen LogP contribution < -0.4 is 0 Å². The van der Waals surface area contributed by atoms with E-state index in [1.165, 1.54) is 11.5 Å². The molecule has 22 heavy (non-hydrogen) atoms. The first kappa shape index (κ1) is 13.1. The summed E-state index contributed by atoms with van der Waals surface area (Å²) in [7, 11) is 1.95. The highest BCUT2D eigenvalue weighted by molar-refractivity contribution is 5.88. The summed E-state index contributed by atoms with van der Waals surface area (Å²) in [6.45, 7) is 0.516. The average Bonchev–Trinajstić information content (AvgIpc) is 3.12. The van der Waals surface area contributed by atoms with Crippen molar-refractivity contribution in [2.24, 2.45) is 23.9 Å². The van der Waals surface area contributed by atoms with Crippen LogP contribution in [0.4, 0.5) is 0 Å². The Labute approximate surface area is 129 Å². The number of hydrogen-bond acceptors (Lipinski definition) is 4. The van der Waals surface area contributed by atoms with Crippen molar-refractivity contribution in [1.82, 2.24) is 14.6 Å². The van der Waals surface area contributed by atoms with Crippen molar-refractivity contribution in [3.8, 4) is 0 Å². The Bertz CT molecular complexity index is 626. The number of ether oxygens (including phenoxy) is 1. The highest BCUT2D eigenvalue weighted by Crippen LogP contribution is 2.55. The van der Waals surface area contributed by atoms with Gasteiger partial charge in [-0.2, -0.15) is 0 Å². The summed E-state index contributed by atoms with van der Waals surface area (Å²) < 4.78 is 7.87. The molecule has 3 atom stereocenters. The van der Waals surface area contributed by atoms with E-state index in [0.717, 1.165) is 31.4 Å². The molecule has 4 fully saturated rings. The number of imidazole rings is 1. The van der Waals surface area contributed by atoms with Crippen molar-refractivity contribution < 1.29 is 9.94 Å². The largest absolute Gasteiger partial charge is 0.477 e. The van der Waals surface area contributed by atoms with Crippen LogP contribution in [0.5, 0.6) is 0 Å². The Morgan fingerprint density at radius 1 is 1.27 bits per heavy atom. The summed E-state index contributed by atoms with van der Waals surface area (Å²) >= 11 is 0. The van der Waals surface area contributed by atoms with Crippen LogP contribution in [0.3, 0.4) is 0 Å². The predicted octanol–water partition coefficient (Wildman–Crippen LogP) is 1.87. The second-order valence-electron chi connectivity index (χ2n) is 7.58. The minimum Gasteiger partial charge on any atom is -0.477 e. The lowest BCUT2D eigenvalue weighted by Crippen LogP contribution is -2.67. The SMILES string of the molecule is Cn1cnc([C@H]2COC(C34CC5CC(CC(C5)N3[O])C4)=N2)c1. The second-order valence-corrected chi connectivity index (χ2v) is 7.58. The molecule has 0 amide bonds. The van der Waals surface area contributed by atoms with Gasteiger partial charge in [-0.3, -0.25) is 0 Å². The molecule has 3 aliphatic heterocycles. The van der Waals surface area contributed by atoms with Crippen LogP contribution in [0.1, 0.15) is 43.8 Å². The number of aromatic nitrogens is 2. The first-order chi connectivity index (χ1) is 10.6. The molecular formula is C16H21N4O2. The van der Waals surface area contributed by atoms with E-state index in [9.17, 15) is 5.21 Å². The Hall–Kier alpha value is -1.40. The Morgan fingerprint density at radius 3 is 2.73 bits per heavy atom. The summed E-state index contributed by atoms with van der Waals surface area (Å²) in [6, 6.07) is 0.129. The molecule has 6 rings (SSSR count). The number of aliphatic imine (C=N–C) groups is 1. The minimum atomic E-state index is -0.474. The maximum atomic E-state index is 12.9. The molecule has 1 aromatic heterocycles. The van der Waals surface area contributed by atoms with Gasteiger partial charge in [0.05, 0.1) is 12.0 Å². The Morgan fingerprint density at radius 2 is 2.05 bits per heavy atom. The number of hydroxylamine groups is 2. The van der Waals surface area contributed by atoms with E-state index in [1.807, 2.05) is 17.8 Å². The topological polar surface area (TPSA) is 62.5 Å². The number of nitrogens with zero attached hydrogens (tertiary/aromatic N) is 4. The minimum absolute atomic E-state index is 0.0578. The molecule has 0 N–H and O–H groups in total. The summed E-state index contributed by atoms with van der Waals surface area (Å²) in [6.07, 6.45) is 9.05. The number of aryl methyl sites for hydroxylation is 1. The molecule has 2 unspecified atom stereocenters. The quantitative estimate of drug-likeness (QED) is 0.837. The molecule has 1 aromatic rings. The van der Waals surface area contributed by atoms with Crippen LogP contribution in [0.15, 0.2) is 17.5 Å². The molecule has 1 radical (unpaired) electrons. The molecule has 5 aliphatic rings. The molecule has 0 spiro atoms. The monoisotopic (exact) mass is 301 g/mol. The van der Waals surface area contributed by atoms with E-state index in [4.69, 9.17) is 9.73 Å². The lowest BCUT2D eigenvalue weighted by Gasteiger charge is -2.58. The van der Waals surface area contributed by atoms with E-state index in [0.29, 0.717) is 24.3 Å². The van der Waals surface area contributed by atoms with Crippen molar-refractivity contribution >= 4 is 5.90 Å². The number of piperidine rings is 2. The van der Waals surface area contributed by atoms with Gasteiger partial charge in [0.25, 0.3) is 0 Å². The Kier molecular flexibility index (Phi) is 2.57. The van der Waals surface area contributed by atoms with Crippen LogP contribution in [0.25, 0.3) is 0 Å². The second kappa shape index (κ2) is 4.32. The molecule has 4 heterocycles. The molecule has 6 nitrogen and oxygen atoms in total. The molecule has 6 heteroatoms. The van der Waals surface area contributed by atoms with E-state index >= 15 is 0 Å². The Balaban J connectivity index is 1.49. The summed E-state index contributed by atoms with van der Waals surface area (Å²) in [5, 5.41) is 14.2. The lowest BCUT2D eigenvalue weighted by molar-refractivity contribution is -0.294. The zero-order valence-corrected chi connectivity index (χ0v) is 12.8. The van der Waals surface area contributed by atoms with Gasteiger partial charge in [0.2, 0.25) is 5.90 Å². The number of rotatable bonds is 2. The van der Waals surface area contributed by atoms with E-state index in [1.54, 1.807) is 6.33 Å². The van der Waals surface area contributed by atoms with Gasteiger partial charge in [-0.15, -0.1) is 10.3 Å². The fraction of sp³-hybridized carbons (Fsp3) is 0.750. The zero-order valence-electron chi connectivity index (χ0n) is 12.8. The van der Waals surface area contributed by atoms with Crippen molar-refractivity contribution in [2.75, 3.05) is 6.61 Å². The fourth-order valence-corrected chi connectivity index (χ4v) is 5.28. The first-order valence-corrected chi connectivity index (χ1v) is 8.29. The van der Waals surface area contributed by atoms with Crippen molar-refractivity contribution in [1.29, 1.82) is 0 Å². The van der Waals surface area contributed by atoms with E-state index in [-0.39, 0.29) is 12.1 Å². The zero-order chi connectivity index (χ0) is 14.9. The standard InChI is InChI=1S/C16H21N4O2/c1-19-7-13(17-9-19)14-8-22-15(18-14)16-5-10-2-11(6-16)4-12(3-10)20(16)21/h7,9-12,14H,2-6,8H2,1H3/t10?,11?,12?,14-,16?/m1/s1. The van der Waals surface area contributed by atoms with E-state index in [2.05, 4.69) is 4.98 Å². The van der Waals surface area contributed by atoms with Gasteiger partial charge >= 0.3 is 0 Å². The van der Waals surface area contributed by atoms with Gasteiger partial charge in [-0.1, -0.05) is 0 Å². The fourth-order valence-electron chi connectivity index (χ4n) is 5.28. The predicted molar refractivity (Wildman–Crippen MR) is 78.4 cm³/mol. The maximum Gasteiger partial charge on any atom is 0.207 e. The van der Waals surface area contributed by atoms with Crippen LogP contribution in [-0.4, -0.2) is 38.7 Å². The van der Waals surface area contributed by atoms with Crippen molar-refractivity contribution in [3.05, 3.63) is 18.2 Å². The number of hydrogen-bond donors (Lipinski definition) is 0. The molecule has 2 saturated carbocycles. The van der Waals surface area contributed by atoms with Gasteiger partial charge in [0.15, 0.2) is 0 Å². The highest BCUT2D eigenvalue weighted by atomic mass is 16.5. The molecule has 2 saturated heterocycles. The molecular weight excluding hydrogens is 280 g/mol. The molecule has 2 aliphatic carbocycles. The third kappa shape index (κ3) is 1.68. The molecule has 117 valence electrons. The third-order valence-electron chi connectivity index (χ3n) is 6.00. The van der Waals surface area contributed by atoms with Gasteiger partial charge < -0.3 is 9.30 Å².